The SMILES string of the molecule is CC1CCCN=C1c1ccccc1. The Bertz CT molecular complexity index is 300. The number of nitrogens with zero attached hydrogens (tertiary/aromatic N) is 1. The molecule has 1 heterocycles. The summed E-state index contributed by atoms with van der Waals surface area (Å²) in [7, 11) is 0. The highest BCUT2D eigenvalue weighted by atomic mass is 14.8. The van der Waals surface area contributed by atoms with Crippen molar-refractivity contribution in [1.29, 1.82) is 0 Å². The topological polar surface area (TPSA) is 12.4 Å². The van der Waals surface area contributed by atoms with Crippen LogP contribution in [-0.2, 0) is 0 Å². The van der Waals surface area contributed by atoms with Crippen LogP contribution in [0.1, 0.15) is 25.3 Å². The molecule has 13 heavy (non-hydrogen) atoms. The van der Waals surface area contributed by atoms with Crippen LogP contribution in [0.3, 0.4) is 0 Å². The van der Waals surface area contributed by atoms with Gasteiger partial charge < -0.3 is 0 Å². The van der Waals surface area contributed by atoms with E-state index >= 15 is 0 Å². The molecule has 0 bridgehead atoms. The van der Waals surface area contributed by atoms with Crippen molar-refractivity contribution in [2.75, 3.05) is 6.54 Å². The van der Waals surface area contributed by atoms with Gasteiger partial charge in [0.2, 0.25) is 0 Å². The molecule has 0 saturated heterocycles. The van der Waals surface area contributed by atoms with Gasteiger partial charge in [0, 0.05) is 12.3 Å². The summed E-state index contributed by atoms with van der Waals surface area (Å²) in [5.41, 5.74) is 2.60. The first kappa shape index (κ1) is 8.49. The fourth-order valence-corrected chi connectivity index (χ4v) is 1.87. The molecule has 1 aliphatic rings. The van der Waals surface area contributed by atoms with E-state index in [0.717, 1.165) is 6.54 Å². The average molecular weight is 173 g/mol. The van der Waals surface area contributed by atoms with Crippen molar-refractivity contribution in [3.63, 3.8) is 0 Å². The maximum absolute atomic E-state index is 4.60. The number of rotatable bonds is 1. The Labute approximate surface area is 79.5 Å². The Morgan fingerprint density at radius 2 is 2.00 bits per heavy atom. The third-order valence-electron chi connectivity index (χ3n) is 2.61. The lowest BCUT2D eigenvalue weighted by molar-refractivity contribution is 0.610. The molecule has 0 aliphatic carbocycles. The number of benzene rings is 1. The summed E-state index contributed by atoms with van der Waals surface area (Å²) < 4.78 is 0. The first-order valence-corrected chi connectivity index (χ1v) is 4.97. The summed E-state index contributed by atoms with van der Waals surface area (Å²) in [5, 5.41) is 0. The lowest BCUT2D eigenvalue weighted by atomic mass is 9.92. The lowest BCUT2D eigenvalue weighted by Crippen LogP contribution is -2.17. The van der Waals surface area contributed by atoms with Crippen molar-refractivity contribution in [2.45, 2.75) is 19.8 Å². The van der Waals surface area contributed by atoms with E-state index < -0.39 is 0 Å². The molecule has 1 nitrogen and oxygen atoms in total. The van der Waals surface area contributed by atoms with Crippen LogP contribution >= 0.6 is 0 Å². The molecule has 0 amide bonds. The first-order valence-electron chi connectivity index (χ1n) is 4.97. The minimum Gasteiger partial charge on any atom is -0.289 e. The predicted molar refractivity (Wildman–Crippen MR) is 56.2 cm³/mol. The lowest BCUT2D eigenvalue weighted by Gasteiger charge is -2.19. The first-order chi connectivity index (χ1) is 6.38. The molecular weight excluding hydrogens is 158 g/mol. The van der Waals surface area contributed by atoms with Gasteiger partial charge in [-0.2, -0.15) is 0 Å². The van der Waals surface area contributed by atoms with Crippen LogP contribution < -0.4 is 0 Å². The van der Waals surface area contributed by atoms with E-state index in [2.05, 4.69) is 42.2 Å². The zero-order valence-corrected chi connectivity index (χ0v) is 8.03. The maximum atomic E-state index is 4.60. The highest BCUT2D eigenvalue weighted by Gasteiger charge is 2.15. The third-order valence-corrected chi connectivity index (χ3v) is 2.61. The van der Waals surface area contributed by atoms with Crippen molar-refractivity contribution in [1.82, 2.24) is 0 Å². The number of hydrogen-bond acceptors (Lipinski definition) is 1. The van der Waals surface area contributed by atoms with Crippen LogP contribution in [0.2, 0.25) is 0 Å². The van der Waals surface area contributed by atoms with Crippen molar-refractivity contribution in [3.05, 3.63) is 35.9 Å². The van der Waals surface area contributed by atoms with Gasteiger partial charge in [0.25, 0.3) is 0 Å². The molecule has 0 aromatic heterocycles. The van der Waals surface area contributed by atoms with E-state index in [9.17, 15) is 0 Å². The Kier molecular flexibility index (Phi) is 2.44. The second kappa shape index (κ2) is 3.73. The summed E-state index contributed by atoms with van der Waals surface area (Å²) in [6, 6.07) is 10.5. The van der Waals surface area contributed by atoms with Gasteiger partial charge in [-0.05, 0) is 24.3 Å². The molecule has 1 aromatic carbocycles. The van der Waals surface area contributed by atoms with Gasteiger partial charge in [-0.15, -0.1) is 0 Å². The molecule has 1 aromatic rings. The zero-order valence-electron chi connectivity index (χ0n) is 8.03. The quantitative estimate of drug-likeness (QED) is 0.619. The molecule has 0 N–H and O–H groups in total. The fraction of sp³-hybridized carbons (Fsp3) is 0.417. The van der Waals surface area contributed by atoms with Crippen LogP contribution in [-0.4, -0.2) is 12.3 Å². The predicted octanol–water partition coefficient (Wildman–Crippen LogP) is 2.91. The van der Waals surface area contributed by atoms with Gasteiger partial charge >= 0.3 is 0 Å². The smallest absolute Gasteiger partial charge is 0.0448 e. The molecule has 2 rings (SSSR count). The van der Waals surface area contributed by atoms with Crippen LogP contribution in [0.5, 0.6) is 0 Å². The highest BCUT2D eigenvalue weighted by Crippen LogP contribution is 2.19. The monoisotopic (exact) mass is 173 g/mol. The summed E-state index contributed by atoms with van der Waals surface area (Å²) in [6.07, 6.45) is 2.53. The maximum Gasteiger partial charge on any atom is 0.0448 e. The van der Waals surface area contributed by atoms with Crippen molar-refractivity contribution in [2.24, 2.45) is 10.9 Å². The largest absolute Gasteiger partial charge is 0.289 e. The van der Waals surface area contributed by atoms with E-state index in [1.54, 1.807) is 0 Å². The Hall–Kier alpha value is -1.11. The van der Waals surface area contributed by atoms with Gasteiger partial charge in [0.1, 0.15) is 0 Å². The Morgan fingerprint density at radius 1 is 1.23 bits per heavy atom. The zero-order chi connectivity index (χ0) is 9.10. The van der Waals surface area contributed by atoms with Gasteiger partial charge in [-0.1, -0.05) is 37.3 Å². The van der Waals surface area contributed by atoms with Gasteiger partial charge in [-0.25, -0.2) is 0 Å². The average Bonchev–Trinajstić information content (AvgIpc) is 2.20. The molecule has 68 valence electrons. The molecule has 1 heteroatoms. The standard InChI is InChI=1S/C12H15N/c1-10-6-5-9-13-12(10)11-7-3-2-4-8-11/h2-4,7-8,10H,5-6,9H2,1H3. The molecular formula is C12H15N. The Balaban J connectivity index is 2.30. The van der Waals surface area contributed by atoms with Crippen molar-refractivity contribution < 1.29 is 0 Å². The fourth-order valence-electron chi connectivity index (χ4n) is 1.87. The summed E-state index contributed by atoms with van der Waals surface area (Å²) in [5.74, 6) is 0.635. The second-order valence-electron chi connectivity index (χ2n) is 3.68. The van der Waals surface area contributed by atoms with E-state index in [1.165, 1.54) is 24.1 Å². The number of aliphatic imine (C=N–C) groups is 1. The summed E-state index contributed by atoms with van der Waals surface area (Å²) in [4.78, 5) is 4.60. The molecule has 0 radical (unpaired) electrons. The van der Waals surface area contributed by atoms with Crippen LogP contribution in [0, 0.1) is 5.92 Å². The van der Waals surface area contributed by atoms with E-state index in [0.29, 0.717) is 5.92 Å². The molecule has 1 aliphatic heterocycles. The molecule has 1 atom stereocenters. The van der Waals surface area contributed by atoms with E-state index in [1.807, 2.05) is 0 Å². The minimum atomic E-state index is 0.635. The van der Waals surface area contributed by atoms with Crippen LogP contribution in [0.4, 0.5) is 0 Å². The third kappa shape index (κ3) is 1.80. The summed E-state index contributed by atoms with van der Waals surface area (Å²) in [6.45, 7) is 3.28. The second-order valence-corrected chi connectivity index (χ2v) is 3.68. The molecule has 1 unspecified atom stereocenters. The minimum absolute atomic E-state index is 0.635. The van der Waals surface area contributed by atoms with Crippen LogP contribution in [0.15, 0.2) is 35.3 Å². The van der Waals surface area contributed by atoms with Gasteiger partial charge in [-0.3, -0.25) is 4.99 Å². The van der Waals surface area contributed by atoms with Crippen molar-refractivity contribution >= 4 is 5.71 Å². The van der Waals surface area contributed by atoms with Gasteiger partial charge in [0.05, 0.1) is 0 Å². The molecule has 0 saturated carbocycles. The summed E-state index contributed by atoms with van der Waals surface area (Å²) >= 11 is 0. The molecule has 0 fully saturated rings. The highest BCUT2D eigenvalue weighted by molar-refractivity contribution is 6.02. The normalized spacial score (nSPS) is 22.5. The van der Waals surface area contributed by atoms with E-state index in [4.69, 9.17) is 0 Å². The van der Waals surface area contributed by atoms with Gasteiger partial charge in [0.15, 0.2) is 0 Å². The van der Waals surface area contributed by atoms with Crippen LogP contribution in [0.25, 0.3) is 0 Å². The van der Waals surface area contributed by atoms with Crippen molar-refractivity contribution in [3.8, 4) is 0 Å². The number of hydrogen-bond donors (Lipinski definition) is 0. The Morgan fingerprint density at radius 3 is 2.69 bits per heavy atom. The molecule has 0 spiro atoms. The van der Waals surface area contributed by atoms with E-state index in [-0.39, 0.29) is 0 Å².